The molecule has 0 spiro atoms. The van der Waals surface area contributed by atoms with E-state index < -0.39 is 6.09 Å². The number of hydrogen-bond donors (Lipinski definition) is 2. The molecule has 1 amide bonds. The summed E-state index contributed by atoms with van der Waals surface area (Å²) in [6.45, 7) is 2.44. The van der Waals surface area contributed by atoms with Crippen molar-refractivity contribution in [1.29, 1.82) is 0 Å². The Balaban J connectivity index is 2.76. The van der Waals surface area contributed by atoms with Crippen molar-refractivity contribution in [1.82, 2.24) is 15.0 Å². The smallest absolute Gasteiger partial charge is 0.410 e. The molecule has 1 aromatic rings. The summed E-state index contributed by atoms with van der Waals surface area (Å²) < 4.78 is 1.45. The number of aromatic nitrogens is 3. The molecule has 6 nitrogen and oxygen atoms in total. The lowest BCUT2D eigenvalue weighted by molar-refractivity contribution is 0.209. The highest BCUT2D eigenvalue weighted by Gasteiger charge is 2.03. The third-order valence-corrected chi connectivity index (χ3v) is 1.15. The van der Waals surface area contributed by atoms with Crippen LogP contribution in [0.2, 0.25) is 0 Å². The molecular weight excluding hydrogens is 148 g/mol. The van der Waals surface area contributed by atoms with Gasteiger partial charge in [0.2, 0.25) is 0 Å². The molecule has 0 aliphatic carbocycles. The third-order valence-electron chi connectivity index (χ3n) is 1.15. The quantitative estimate of drug-likeness (QED) is 0.649. The summed E-state index contributed by atoms with van der Waals surface area (Å²) in [5, 5.41) is 17.6. The number of nitrogens with zero attached hydrogens (tertiary/aromatic N) is 3. The van der Waals surface area contributed by atoms with Crippen molar-refractivity contribution in [3.05, 3.63) is 6.20 Å². The number of nitrogens with one attached hydrogen (secondary N) is 1. The molecule has 0 saturated heterocycles. The van der Waals surface area contributed by atoms with Crippen LogP contribution in [0.25, 0.3) is 0 Å². The second kappa shape index (κ2) is 3.00. The predicted octanol–water partition coefficient (Wildman–Crippen LogP) is 0.388. The molecule has 1 aromatic heterocycles. The highest BCUT2D eigenvalue weighted by molar-refractivity contribution is 5.81. The molecule has 0 aromatic carbocycles. The summed E-state index contributed by atoms with van der Waals surface area (Å²) in [4.78, 5) is 10.2. The van der Waals surface area contributed by atoms with Crippen molar-refractivity contribution < 1.29 is 9.90 Å². The standard InChI is InChI=1S/C5H8N4O2/c1-2-9-4(3-6-8-9)7-5(10)11/h3,7H,2H2,1H3,(H,10,11). The summed E-state index contributed by atoms with van der Waals surface area (Å²) in [6, 6.07) is 0. The van der Waals surface area contributed by atoms with Gasteiger partial charge in [0.05, 0.1) is 6.20 Å². The van der Waals surface area contributed by atoms with Crippen LogP contribution in [0, 0.1) is 0 Å². The van der Waals surface area contributed by atoms with Gasteiger partial charge in [0, 0.05) is 6.54 Å². The normalized spacial score (nSPS) is 9.55. The van der Waals surface area contributed by atoms with Crippen molar-refractivity contribution in [3.8, 4) is 0 Å². The first-order valence-electron chi connectivity index (χ1n) is 3.12. The van der Waals surface area contributed by atoms with Crippen LogP contribution >= 0.6 is 0 Å². The Hall–Kier alpha value is -1.59. The second-order valence-corrected chi connectivity index (χ2v) is 1.87. The van der Waals surface area contributed by atoms with Crippen LogP contribution in [0.15, 0.2) is 6.20 Å². The number of anilines is 1. The van der Waals surface area contributed by atoms with E-state index in [0.29, 0.717) is 12.4 Å². The topological polar surface area (TPSA) is 80.0 Å². The van der Waals surface area contributed by atoms with Crippen LogP contribution in [0.1, 0.15) is 6.92 Å². The van der Waals surface area contributed by atoms with E-state index in [0.717, 1.165) is 0 Å². The Morgan fingerprint density at radius 3 is 3.18 bits per heavy atom. The lowest BCUT2D eigenvalue weighted by Gasteiger charge is -2.00. The first kappa shape index (κ1) is 7.52. The zero-order chi connectivity index (χ0) is 8.27. The summed E-state index contributed by atoms with van der Waals surface area (Å²) in [7, 11) is 0. The maximum absolute atomic E-state index is 10.2. The van der Waals surface area contributed by atoms with E-state index in [1.165, 1.54) is 10.9 Å². The Morgan fingerprint density at radius 2 is 2.64 bits per heavy atom. The van der Waals surface area contributed by atoms with Crippen LogP contribution in [0.4, 0.5) is 10.6 Å². The molecule has 0 bridgehead atoms. The summed E-state index contributed by atoms with van der Waals surface area (Å²) >= 11 is 0. The lowest BCUT2D eigenvalue weighted by atomic mass is 10.6. The van der Waals surface area contributed by atoms with Gasteiger partial charge in [-0.3, -0.25) is 5.32 Å². The largest absolute Gasteiger partial charge is 0.465 e. The first-order chi connectivity index (χ1) is 5.24. The van der Waals surface area contributed by atoms with Crippen molar-refractivity contribution in [2.75, 3.05) is 5.32 Å². The molecule has 0 unspecified atom stereocenters. The average molecular weight is 156 g/mol. The number of carboxylic acid groups (broad SMARTS) is 1. The minimum absolute atomic E-state index is 0.389. The molecule has 60 valence electrons. The van der Waals surface area contributed by atoms with E-state index in [-0.39, 0.29) is 0 Å². The molecule has 2 N–H and O–H groups in total. The van der Waals surface area contributed by atoms with E-state index in [2.05, 4.69) is 15.6 Å². The fourth-order valence-electron chi connectivity index (χ4n) is 0.698. The number of amides is 1. The van der Waals surface area contributed by atoms with Crippen molar-refractivity contribution >= 4 is 11.9 Å². The summed E-state index contributed by atoms with van der Waals surface area (Å²) in [6.07, 6.45) is 0.249. The maximum Gasteiger partial charge on any atom is 0.410 e. The highest BCUT2D eigenvalue weighted by Crippen LogP contribution is 2.01. The lowest BCUT2D eigenvalue weighted by Crippen LogP contribution is -2.12. The Kier molecular flexibility index (Phi) is 2.05. The number of aryl methyl sites for hydroxylation is 1. The average Bonchev–Trinajstić information content (AvgIpc) is 2.34. The maximum atomic E-state index is 10.2. The SMILES string of the molecule is CCn1nncc1NC(=O)O. The molecule has 0 atom stereocenters. The molecular formula is C5H8N4O2. The van der Waals surface area contributed by atoms with E-state index in [1.807, 2.05) is 6.92 Å². The van der Waals surface area contributed by atoms with Crippen LogP contribution < -0.4 is 5.32 Å². The van der Waals surface area contributed by atoms with Gasteiger partial charge in [0.25, 0.3) is 0 Å². The molecule has 1 heterocycles. The van der Waals surface area contributed by atoms with E-state index in [9.17, 15) is 4.79 Å². The predicted molar refractivity (Wildman–Crippen MR) is 37.3 cm³/mol. The fourth-order valence-corrected chi connectivity index (χ4v) is 0.698. The van der Waals surface area contributed by atoms with Gasteiger partial charge in [-0.05, 0) is 6.92 Å². The van der Waals surface area contributed by atoms with Crippen molar-refractivity contribution in [2.24, 2.45) is 0 Å². The monoisotopic (exact) mass is 156 g/mol. The molecule has 11 heavy (non-hydrogen) atoms. The minimum atomic E-state index is -1.11. The fraction of sp³-hybridized carbons (Fsp3) is 0.400. The van der Waals surface area contributed by atoms with Crippen molar-refractivity contribution in [2.45, 2.75) is 13.5 Å². The molecule has 0 fully saturated rings. The van der Waals surface area contributed by atoms with E-state index >= 15 is 0 Å². The van der Waals surface area contributed by atoms with E-state index in [1.54, 1.807) is 0 Å². The van der Waals surface area contributed by atoms with E-state index in [4.69, 9.17) is 5.11 Å². The van der Waals surface area contributed by atoms with Gasteiger partial charge in [-0.2, -0.15) is 0 Å². The Bertz CT molecular complexity index is 257. The summed E-state index contributed by atoms with van der Waals surface area (Å²) in [5.41, 5.74) is 0. The zero-order valence-corrected chi connectivity index (χ0v) is 5.98. The number of rotatable bonds is 2. The molecule has 0 aliphatic heterocycles. The van der Waals surface area contributed by atoms with Gasteiger partial charge < -0.3 is 5.11 Å². The molecule has 0 radical (unpaired) electrons. The highest BCUT2D eigenvalue weighted by atomic mass is 16.4. The van der Waals surface area contributed by atoms with Gasteiger partial charge in [-0.1, -0.05) is 5.21 Å². The van der Waals surface area contributed by atoms with Gasteiger partial charge in [0.1, 0.15) is 0 Å². The molecule has 0 aliphatic rings. The molecule has 1 rings (SSSR count). The summed E-state index contributed by atoms with van der Waals surface area (Å²) in [5.74, 6) is 0.389. The van der Waals surface area contributed by atoms with Gasteiger partial charge in [0.15, 0.2) is 5.82 Å². The van der Waals surface area contributed by atoms with Crippen LogP contribution in [0.3, 0.4) is 0 Å². The Labute approximate surface area is 62.8 Å². The van der Waals surface area contributed by atoms with Crippen LogP contribution in [-0.2, 0) is 6.54 Å². The third kappa shape index (κ3) is 1.66. The van der Waals surface area contributed by atoms with Gasteiger partial charge >= 0.3 is 6.09 Å². The zero-order valence-electron chi connectivity index (χ0n) is 5.98. The van der Waals surface area contributed by atoms with Crippen LogP contribution in [-0.4, -0.2) is 26.2 Å². The molecule has 0 saturated carbocycles. The molecule has 6 heteroatoms. The van der Waals surface area contributed by atoms with Crippen LogP contribution in [0.5, 0.6) is 0 Å². The number of carbonyl (C=O) groups is 1. The second-order valence-electron chi connectivity index (χ2n) is 1.87. The van der Waals surface area contributed by atoms with Gasteiger partial charge in [-0.15, -0.1) is 5.10 Å². The van der Waals surface area contributed by atoms with Gasteiger partial charge in [-0.25, -0.2) is 9.48 Å². The first-order valence-corrected chi connectivity index (χ1v) is 3.12. The minimum Gasteiger partial charge on any atom is -0.465 e. The van der Waals surface area contributed by atoms with Crippen molar-refractivity contribution in [3.63, 3.8) is 0 Å². The Morgan fingerprint density at radius 1 is 1.91 bits per heavy atom. The number of hydrogen-bond acceptors (Lipinski definition) is 3.